The monoisotopic (exact) mass is 303 g/mol. The maximum absolute atomic E-state index is 12.1. The molecule has 0 aliphatic carbocycles. The summed E-state index contributed by atoms with van der Waals surface area (Å²) in [5.74, 6) is -0.645. The second kappa shape index (κ2) is 6.88. The van der Waals surface area contributed by atoms with E-state index < -0.39 is 0 Å². The van der Waals surface area contributed by atoms with Crippen LogP contribution < -0.4 is 16.4 Å². The molecule has 2 aromatic carbocycles. The molecule has 0 fully saturated rings. The average Bonchev–Trinajstić information content (AvgIpc) is 2.50. The molecule has 6 heteroatoms. The summed E-state index contributed by atoms with van der Waals surface area (Å²) in [6, 6.07) is 13.6. The zero-order valence-corrected chi connectivity index (χ0v) is 11.9. The van der Waals surface area contributed by atoms with Gasteiger partial charge < -0.3 is 16.4 Å². The lowest BCUT2D eigenvalue weighted by Gasteiger charge is -2.12. The van der Waals surface area contributed by atoms with Gasteiger partial charge >= 0.3 is 0 Å². The maximum Gasteiger partial charge on any atom is 0.255 e. The minimum atomic E-state index is -0.368. The fraction of sp³-hybridized carbons (Fsp3) is 0.0667. The van der Waals surface area contributed by atoms with Crippen LogP contribution >= 0.6 is 11.6 Å². The van der Waals surface area contributed by atoms with Crippen molar-refractivity contribution in [2.75, 3.05) is 17.2 Å². The molecule has 0 bridgehead atoms. The van der Waals surface area contributed by atoms with Crippen LogP contribution in [0.4, 0.5) is 11.4 Å². The van der Waals surface area contributed by atoms with Crippen LogP contribution in [0, 0.1) is 0 Å². The van der Waals surface area contributed by atoms with Crippen molar-refractivity contribution >= 4 is 34.8 Å². The third-order valence-corrected chi connectivity index (χ3v) is 2.96. The molecule has 2 rings (SSSR count). The fourth-order valence-electron chi connectivity index (χ4n) is 1.71. The number of carbonyl (C=O) groups is 2. The summed E-state index contributed by atoms with van der Waals surface area (Å²) in [5, 5.41) is 5.77. The van der Waals surface area contributed by atoms with Gasteiger partial charge in [-0.25, -0.2) is 0 Å². The fourth-order valence-corrected chi connectivity index (χ4v) is 1.89. The van der Waals surface area contributed by atoms with Crippen molar-refractivity contribution in [1.82, 2.24) is 0 Å². The van der Waals surface area contributed by atoms with Gasteiger partial charge in [0.1, 0.15) is 0 Å². The zero-order valence-electron chi connectivity index (χ0n) is 11.1. The highest BCUT2D eigenvalue weighted by atomic mass is 35.5. The van der Waals surface area contributed by atoms with E-state index in [1.54, 1.807) is 42.5 Å². The molecule has 0 aromatic heterocycles. The van der Waals surface area contributed by atoms with Crippen molar-refractivity contribution in [2.24, 2.45) is 5.73 Å². The largest absolute Gasteiger partial charge is 0.323 e. The van der Waals surface area contributed by atoms with Crippen LogP contribution in [0.2, 0.25) is 5.02 Å². The molecular formula is C15H14ClN3O2. The number of nitrogens with two attached hydrogens (primary N) is 1. The number of halogens is 1. The van der Waals surface area contributed by atoms with Crippen LogP contribution in [-0.4, -0.2) is 18.4 Å². The Labute approximate surface area is 127 Å². The van der Waals surface area contributed by atoms with E-state index in [-0.39, 0.29) is 18.4 Å². The molecule has 0 aliphatic rings. The first kappa shape index (κ1) is 15.0. The van der Waals surface area contributed by atoms with Gasteiger partial charge in [-0.3, -0.25) is 9.59 Å². The molecule has 108 valence electrons. The normalized spacial score (nSPS) is 10.0. The van der Waals surface area contributed by atoms with Crippen LogP contribution in [0.15, 0.2) is 48.5 Å². The Bertz CT molecular complexity index is 659. The molecule has 21 heavy (non-hydrogen) atoms. The third-order valence-electron chi connectivity index (χ3n) is 2.73. The van der Waals surface area contributed by atoms with Crippen molar-refractivity contribution < 1.29 is 9.59 Å². The standard InChI is InChI=1S/C15H14ClN3O2/c16-11-6-7-12(13(8-11)18-14(20)9-17)19-15(21)10-4-2-1-3-5-10/h1-8H,9,17H2,(H,18,20)(H,19,21). The Morgan fingerprint density at radius 3 is 2.38 bits per heavy atom. The molecule has 0 saturated heterocycles. The molecule has 2 amide bonds. The number of benzene rings is 2. The second-order valence-corrected chi connectivity index (χ2v) is 4.70. The minimum Gasteiger partial charge on any atom is -0.323 e. The van der Waals surface area contributed by atoms with Gasteiger partial charge in [-0.1, -0.05) is 29.8 Å². The average molecular weight is 304 g/mol. The molecule has 0 unspecified atom stereocenters. The Kier molecular flexibility index (Phi) is 4.92. The number of hydrogen-bond acceptors (Lipinski definition) is 3. The lowest BCUT2D eigenvalue weighted by atomic mass is 10.2. The number of carbonyl (C=O) groups excluding carboxylic acids is 2. The van der Waals surface area contributed by atoms with Gasteiger partial charge in [0.25, 0.3) is 5.91 Å². The van der Waals surface area contributed by atoms with Crippen LogP contribution in [0.3, 0.4) is 0 Å². The summed E-state index contributed by atoms with van der Waals surface area (Å²) in [6.07, 6.45) is 0. The predicted octanol–water partition coefficient (Wildman–Crippen LogP) is 2.49. The van der Waals surface area contributed by atoms with Crippen molar-refractivity contribution in [3.05, 3.63) is 59.1 Å². The van der Waals surface area contributed by atoms with Gasteiger partial charge in [-0.2, -0.15) is 0 Å². The van der Waals surface area contributed by atoms with Crippen LogP contribution in [0.1, 0.15) is 10.4 Å². The van der Waals surface area contributed by atoms with Gasteiger partial charge in [0.05, 0.1) is 17.9 Å². The predicted molar refractivity (Wildman–Crippen MR) is 83.5 cm³/mol. The minimum absolute atomic E-state index is 0.154. The Balaban J connectivity index is 2.23. The van der Waals surface area contributed by atoms with Crippen LogP contribution in [0.5, 0.6) is 0 Å². The molecule has 2 aromatic rings. The van der Waals surface area contributed by atoms with E-state index in [4.69, 9.17) is 17.3 Å². The van der Waals surface area contributed by atoms with E-state index in [1.807, 2.05) is 6.07 Å². The zero-order chi connectivity index (χ0) is 15.2. The number of rotatable bonds is 4. The van der Waals surface area contributed by atoms with E-state index >= 15 is 0 Å². The quantitative estimate of drug-likeness (QED) is 0.811. The van der Waals surface area contributed by atoms with Crippen molar-refractivity contribution in [1.29, 1.82) is 0 Å². The molecular weight excluding hydrogens is 290 g/mol. The van der Waals surface area contributed by atoms with Crippen LogP contribution in [-0.2, 0) is 4.79 Å². The van der Waals surface area contributed by atoms with Gasteiger partial charge in [0.15, 0.2) is 0 Å². The first-order chi connectivity index (χ1) is 10.1. The molecule has 0 spiro atoms. The number of nitrogens with one attached hydrogen (secondary N) is 2. The number of amides is 2. The topological polar surface area (TPSA) is 84.2 Å². The highest BCUT2D eigenvalue weighted by molar-refractivity contribution is 6.31. The molecule has 0 heterocycles. The SMILES string of the molecule is NCC(=O)Nc1cc(Cl)ccc1NC(=O)c1ccccc1. The number of hydrogen-bond donors (Lipinski definition) is 3. The first-order valence-electron chi connectivity index (χ1n) is 6.26. The third kappa shape index (κ3) is 4.05. The highest BCUT2D eigenvalue weighted by Crippen LogP contribution is 2.26. The van der Waals surface area contributed by atoms with E-state index in [0.29, 0.717) is 22.0 Å². The molecule has 0 radical (unpaired) electrons. The maximum atomic E-state index is 12.1. The summed E-state index contributed by atoms with van der Waals surface area (Å²) >= 11 is 5.90. The lowest BCUT2D eigenvalue weighted by molar-refractivity contribution is -0.114. The van der Waals surface area contributed by atoms with Gasteiger partial charge in [-0.15, -0.1) is 0 Å². The van der Waals surface area contributed by atoms with E-state index in [9.17, 15) is 9.59 Å². The van der Waals surface area contributed by atoms with E-state index in [1.165, 1.54) is 0 Å². The highest BCUT2D eigenvalue weighted by Gasteiger charge is 2.11. The van der Waals surface area contributed by atoms with Gasteiger partial charge in [-0.05, 0) is 30.3 Å². The second-order valence-electron chi connectivity index (χ2n) is 4.26. The number of anilines is 2. The van der Waals surface area contributed by atoms with Gasteiger partial charge in [0, 0.05) is 10.6 Å². The Hall–Kier alpha value is -2.37. The summed E-state index contributed by atoms with van der Waals surface area (Å²) in [5.41, 5.74) is 6.64. The van der Waals surface area contributed by atoms with Crippen LogP contribution in [0.25, 0.3) is 0 Å². The molecule has 4 N–H and O–H groups in total. The summed E-state index contributed by atoms with van der Waals surface area (Å²) in [6.45, 7) is -0.154. The van der Waals surface area contributed by atoms with E-state index in [0.717, 1.165) is 0 Å². The Morgan fingerprint density at radius 2 is 1.71 bits per heavy atom. The summed E-state index contributed by atoms with van der Waals surface area (Å²) in [7, 11) is 0. The Morgan fingerprint density at radius 1 is 1.00 bits per heavy atom. The van der Waals surface area contributed by atoms with Gasteiger partial charge in [0.2, 0.25) is 5.91 Å². The molecule has 0 atom stereocenters. The molecule has 0 saturated carbocycles. The van der Waals surface area contributed by atoms with Crippen molar-refractivity contribution in [3.63, 3.8) is 0 Å². The molecule has 5 nitrogen and oxygen atoms in total. The smallest absolute Gasteiger partial charge is 0.255 e. The lowest BCUT2D eigenvalue weighted by Crippen LogP contribution is -2.23. The summed E-state index contributed by atoms with van der Waals surface area (Å²) < 4.78 is 0. The molecule has 0 aliphatic heterocycles. The van der Waals surface area contributed by atoms with Crippen molar-refractivity contribution in [2.45, 2.75) is 0 Å². The summed E-state index contributed by atoms with van der Waals surface area (Å²) in [4.78, 5) is 23.5. The van der Waals surface area contributed by atoms with E-state index in [2.05, 4.69) is 10.6 Å². The van der Waals surface area contributed by atoms with Crippen molar-refractivity contribution in [3.8, 4) is 0 Å². The first-order valence-corrected chi connectivity index (χ1v) is 6.64.